The van der Waals surface area contributed by atoms with Gasteiger partial charge in [-0.3, -0.25) is 0 Å². The second kappa shape index (κ2) is 7.19. The lowest BCUT2D eigenvalue weighted by Gasteiger charge is -2.37. The fourth-order valence-corrected chi connectivity index (χ4v) is 3.29. The Labute approximate surface area is 133 Å². The van der Waals surface area contributed by atoms with E-state index in [2.05, 4.69) is 10.3 Å². The normalized spacial score (nSPS) is 28.5. The molecular formula is C16H20N2O3S. The number of nitrogens with one attached hydrogen (secondary N) is 1. The molecule has 2 aromatic rings. The zero-order valence-electron chi connectivity index (χ0n) is 12.1. The SMILES string of the molecule is O[C@H]1[C@H](O)[C@H](Oc2ccccc2)CC[C@H]1NCc1nccs1. The van der Waals surface area contributed by atoms with Gasteiger partial charge in [-0.05, 0) is 25.0 Å². The molecule has 5 nitrogen and oxygen atoms in total. The topological polar surface area (TPSA) is 74.6 Å². The highest BCUT2D eigenvalue weighted by atomic mass is 32.1. The van der Waals surface area contributed by atoms with Crippen LogP contribution in [0.3, 0.4) is 0 Å². The summed E-state index contributed by atoms with van der Waals surface area (Å²) >= 11 is 1.57. The summed E-state index contributed by atoms with van der Waals surface area (Å²) in [5.41, 5.74) is 0. The molecule has 22 heavy (non-hydrogen) atoms. The minimum absolute atomic E-state index is 0.144. The zero-order valence-corrected chi connectivity index (χ0v) is 12.9. The zero-order chi connectivity index (χ0) is 15.4. The number of benzene rings is 1. The quantitative estimate of drug-likeness (QED) is 0.780. The van der Waals surface area contributed by atoms with Crippen LogP contribution in [0.5, 0.6) is 5.75 Å². The average molecular weight is 320 g/mol. The largest absolute Gasteiger partial charge is 0.488 e. The second-order valence-electron chi connectivity index (χ2n) is 5.44. The Kier molecular flexibility index (Phi) is 5.04. The summed E-state index contributed by atoms with van der Waals surface area (Å²) in [5, 5.41) is 26.8. The minimum atomic E-state index is -0.900. The Hall–Kier alpha value is -1.47. The van der Waals surface area contributed by atoms with Crippen molar-refractivity contribution in [2.75, 3.05) is 0 Å². The van der Waals surface area contributed by atoms with Gasteiger partial charge < -0.3 is 20.3 Å². The first-order valence-electron chi connectivity index (χ1n) is 7.43. The smallest absolute Gasteiger partial charge is 0.127 e. The van der Waals surface area contributed by atoms with E-state index >= 15 is 0 Å². The highest BCUT2D eigenvalue weighted by Gasteiger charge is 2.38. The Morgan fingerprint density at radius 2 is 2.00 bits per heavy atom. The van der Waals surface area contributed by atoms with Gasteiger partial charge in [-0.15, -0.1) is 11.3 Å². The fraction of sp³-hybridized carbons (Fsp3) is 0.438. The summed E-state index contributed by atoms with van der Waals surface area (Å²) in [6, 6.07) is 9.25. The summed E-state index contributed by atoms with van der Waals surface area (Å²) in [6.45, 7) is 0.607. The number of ether oxygens (including phenoxy) is 1. The molecule has 0 amide bonds. The predicted molar refractivity (Wildman–Crippen MR) is 84.8 cm³/mol. The predicted octanol–water partition coefficient (Wildman–Crippen LogP) is 1.56. The summed E-state index contributed by atoms with van der Waals surface area (Å²) in [4.78, 5) is 4.20. The van der Waals surface area contributed by atoms with Gasteiger partial charge in [0.15, 0.2) is 0 Å². The van der Waals surface area contributed by atoms with E-state index in [9.17, 15) is 10.2 Å². The first-order chi connectivity index (χ1) is 10.7. The maximum Gasteiger partial charge on any atom is 0.127 e. The third kappa shape index (κ3) is 3.64. The van der Waals surface area contributed by atoms with Crippen LogP contribution in [0, 0.1) is 0 Å². The summed E-state index contributed by atoms with van der Waals surface area (Å²) < 4.78 is 5.79. The van der Waals surface area contributed by atoms with E-state index in [4.69, 9.17) is 4.74 Å². The van der Waals surface area contributed by atoms with Crippen molar-refractivity contribution in [1.82, 2.24) is 10.3 Å². The molecule has 3 rings (SSSR count). The number of aromatic nitrogens is 1. The van der Waals surface area contributed by atoms with Crippen molar-refractivity contribution in [3.05, 3.63) is 46.9 Å². The number of thiazole rings is 1. The number of rotatable bonds is 5. The van der Waals surface area contributed by atoms with E-state index < -0.39 is 12.2 Å². The highest BCUT2D eigenvalue weighted by molar-refractivity contribution is 7.09. The minimum Gasteiger partial charge on any atom is -0.488 e. The van der Waals surface area contributed by atoms with Gasteiger partial charge in [0.25, 0.3) is 0 Å². The van der Waals surface area contributed by atoms with Crippen molar-refractivity contribution in [2.45, 2.75) is 43.7 Å². The van der Waals surface area contributed by atoms with Gasteiger partial charge in [0, 0.05) is 24.2 Å². The van der Waals surface area contributed by atoms with E-state index in [1.54, 1.807) is 17.5 Å². The van der Waals surface area contributed by atoms with Crippen LogP contribution >= 0.6 is 11.3 Å². The van der Waals surface area contributed by atoms with E-state index in [1.165, 1.54) is 0 Å². The van der Waals surface area contributed by atoms with Crippen LogP contribution in [-0.4, -0.2) is 39.6 Å². The van der Waals surface area contributed by atoms with Gasteiger partial charge in [0.1, 0.15) is 23.0 Å². The lowest BCUT2D eigenvalue weighted by atomic mass is 9.87. The molecule has 1 saturated carbocycles. The van der Waals surface area contributed by atoms with Crippen molar-refractivity contribution in [2.24, 2.45) is 0 Å². The maximum atomic E-state index is 10.3. The molecule has 0 aliphatic heterocycles. The number of aliphatic hydroxyl groups excluding tert-OH is 2. The third-order valence-corrected chi connectivity index (χ3v) is 4.71. The fourth-order valence-electron chi connectivity index (χ4n) is 2.73. The molecule has 1 fully saturated rings. The number of hydrogen-bond acceptors (Lipinski definition) is 6. The molecule has 1 aliphatic rings. The lowest BCUT2D eigenvalue weighted by molar-refractivity contribution is -0.0892. The lowest BCUT2D eigenvalue weighted by Crippen LogP contribution is -2.55. The van der Waals surface area contributed by atoms with E-state index in [-0.39, 0.29) is 12.1 Å². The molecule has 6 heteroatoms. The van der Waals surface area contributed by atoms with Crippen LogP contribution in [-0.2, 0) is 6.54 Å². The summed E-state index contributed by atoms with van der Waals surface area (Å²) in [6.07, 6.45) is 1.09. The van der Waals surface area contributed by atoms with Crippen molar-refractivity contribution < 1.29 is 14.9 Å². The molecule has 1 aliphatic carbocycles. The molecule has 0 unspecified atom stereocenters. The Morgan fingerprint density at radius 3 is 2.73 bits per heavy atom. The van der Waals surface area contributed by atoms with Gasteiger partial charge in [0.05, 0.1) is 6.10 Å². The van der Waals surface area contributed by atoms with Crippen LogP contribution in [0.25, 0.3) is 0 Å². The maximum absolute atomic E-state index is 10.3. The molecule has 0 spiro atoms. The molecule has 0 radical (unpaired) electrons. The molecule has 118 valence electrons. The molecule has 4 atom stereocenters. The number of nitrogens with zero attached hydrogens (tertiary/aromatic N) is 1. The highest BCUT2D eigenvalue weighted by Crippen LogP contribution is 2.25. The van der Waals surface area contributed by atoms with E-state index in [1.807, 2.05) is 35.7 Å². The molecule has 1 aromatic carbocycles. The average Bonchev–Trinajstić information content (AvgIpc) is 3.06. The Balaban J connectivity index is 1.54. The van der Waals surface area contributed by atoms with Crippen molar-refractivity contribution in [1.29, 1.82) is 0 Å². The van der Waals surface area contributed by atoms with Gasteiger partial charge in [-0.25, -0.2) is 4.98 Å². The summed E-state index contributed by atoms with van der Waals surface area (Å²) in [5.74, 6) is 0.716. The van der Waals surface area contributed by atoms with Crippen molar-refractivity contribution in [3.63, 3.8) is 0 Å². The first kappa shape index (κ1) is 15.4. The Bertz CT molecular complexity index is 564. The number of aliphatic hydroxyl groups is 2. The number of hydrogen-bond donors (Lipinski definition) is 3. The standard InChI is InChI=1S/C16H20N2O3S/c19-15-12(18-10-14-17-8-9-22-14)6-7-13(16(15)20)21-11-4-2-1-3-5-11/h1-5,8-9,12-13,15-16,18-20H,6-7,10H2/t12-,13-,15-,16-/m1/s1. The molecular weight excluding hydrogens is 300 g/mol. The molecule has 1 heterocycles. The third-order valence-electron chi connectivity index (χ3n) is 3.93. The molecule has 3 N–H and O–H groups in total. The first-order valence-corrected chi connectivity index (χ1v) is 8.31. The molecule has 0 saturated heterocycles. The molecule has 1 aromatic heterocycles. The van der Waals surface area contributed by atoms with Crippen LogP contribution in [0.1, 0.15) is 17.8 Å². The van der Waals surface area contributed by atoms with Crippen molar-refractivity contribution >= 4 is 11.3 Å². The monoisotopic (exact) mass is 320 g/mol. The van der Waals surface area contributed by atoms with Gasteiger partial charge in [-0.1, -0.05) is 18.2 Å². The van der Waals surface area contributed by atoms with Crippen molar-refractivity contribution in [3.8, 4) is 5.75 Å². The van der Waals surface area contributed by atoms with E-state index in [0.29, 0.717) is 18.7 Å². The molecule has 0 bridgehead atoms. The summed E-state index contributed by atoms with van der Waals surface area (Å²) in [7, 11) is 0. The van der Waals surface area contributed by atoms with Crippen LogP contribution in [0.2, 0.25) is 0 Å². The van der Waals surface area contributed by atoms with Gasteiger partial charge in [0.2, 0.25) is 0 Å². The van der Waals surface area contributed by atoms with Crippen LogP contribution in [0.4, 0.5) is 0 Å². The Morgan fingerprint density at radius 1 is 1.18 bits per heavy atom. The van der Waals surface area contributed by atoms with Crippen LogP contribution < -0.4 is 10.1 Å². The number of para-hydroxylation sites is 1. The van der Waals surface area contributed by atoms with Gasteiger partial charge >= 0.3 is 0 Å². The van der Waals surface area contributed by atoms with Gasteiger partial charge in [-0.2, -0.15) is 0 Å². The van der Waals surface area contributed by atoms with Crippen LogP contribution in [0.15, 0.2) is 41.9 Å². The van der Waals surface area contributed by atoms with E-state index in [0.717, 1.165) is 11.4 Å². The second-order valence-corrected chi connectivity index (χ2v) is 6.42.